The number of rotatable bonds is 6. The van der Waals surface area contributed by atoms with E-state index in [1.165, 1.54) is 28.8 Å². The van der Waals surface area contributed by atoms with Gasteiger partial charge in [-0.15, -0.1) is 5.10 Å². The maximum Gasteiger partial charge on any atom is 0.416 e. The highest BCUT2D eigenvalue weighted by Gasteiger charge is 2.40. The van der Waals surface area contributed by atoms with Crippen LogP contribution >= 0.6 is 23.4 Å². The molecule has 7 nitrogen and oxygen atoms in total. The van der Waals surface area contributed by atoms with Crippen molar-refractivity contribution in [2.45, 2.75) is 38.5 Å². The number of halogens is 4. The van der Waals surface area contributed by atoms with E-state index in [2.05, 4.69) is 16.9 Å². The SMILES string of the molecule is CCN1CCC(N2C(=O)SC(=Cc3ccc4c(c3)c(OC)nn4Cc3ccc(Cl)cc3C(F)(F)F)C2=O)CC1. The molecule has 0 aliphatic carbocycles. The molecule has 206 valence electrons. The number of thioether (sulfide) groups is 1. The molecule has 5 rings (SSSR count). The summed E-state index contributed by atoms with van der Waals surface area (Å²) in [7, 11) is 1.43. The predicted octanol–water partition coefficient (Wildman–Crippen LogP) is 6.29. The number of fused-ring (bicyclic) bond motifs is 1. The molecule has 39 heavy (non-hydrogen) atoms. The summed E-state index contributed by atoms with van der Waals surface area (Å²) < 4.78 is 47.7. The van der Waals surface area contributed by atoms with Crippen LogP contribution in [0.25, 0.3) is 17.0 Å². The van der Waals surface area contributed by atoms with E-state index in [1.807, 2.05) is 0 Å². The average molecular weight is 579 g/mol. The van der Waals surface area contributed by atoms with Crippen LogP contribution < -0.4 is 4.74 Å². The maximum absolute atomic E-state index is 13.6. The van der Waals surface area contributed by atoms with Gasteiger partial charge in [-0.05, 0) is 72.6 Å². The largest absolute Gasteiger partial charge is 0.479 e. The first-order valence-electron chi connectivity index (χ1n) is 12.5. The van der Waals surface area contributed by atoms with Gasteiger partial charge in [0.05, 0.1) is 35.0 Å². The molecule has 2 fully saturated rings. The lowest BCUT2D eigenvalue weighted by Gasteiger charge is -2.34. The highest BCUT2D eigenvalue weighted by molar-refractivity contribution is 8.18. The van der Waals surface area contributed by atoms with Crippen LogP contribution in [-0.2, 0) is 17.5 Å². The molecule has 0 atom stereocenters. The Morgan fingerprint density at radius 1 is 1.15 bits per heavy atom. The fraction of sp³-hybridized carbons (Fsp3) is 0.370. The molecule has 12 heteroatoms. The Bertz CT molecular complexity index is 1460. The Morgan fingerprint density at radius 2 is 1.90 bits per heavy atom. The number of imide groups is 1. The van der Waals surface area contributed by atoms with Crippen LogP contribution in [0.15, 0.2) is 41.3 Å². The summed E-state index contributed by atoms with van der Waals surface area (Å²) in [6.45, 7) is 4.59. The molecule has 0 spiro atoms. The van der Waals surface area contributed by atoms with Crippen LogP contribution in [-0.4, -0.2) is 63.5 Å². The van der Waals surface area contributed by atoms with Crippen LogP contribution in [0.5, 0.6) is 5.88 Å². The van der Waals surface area contributed by atoms with Crippen LogP contribution in [0.2, 0.25) is 5.02 Å². The molecule has 2 aliphatic rings. The third-order valence-electron chi connectivity index (χ3n) is 7.12. The first-order chi connectivity index (χ1) is 18.6. The minimum absolute atomic E-state index is 0.00514. The van der Waals surface area contributed by atoms with Crippen molar-refractivity contribution in [3.8, 4) is 5.88 Å². The molecule has 2 aliphatic heterocycles. The number of carbonyl (C=O) groups excluding carboxylic acids is 2. The van der Waals surface area contributed by atoms with Crippen molar-refractivity contribution in [2.75, 3.05) is 26.7 Å². The Labute approximate surface area is 232 Å². The molecule has 1 aromatic heterocycles. The number of aromatic nitrogens is 2. The summed E-state index contributed by atoms with van der Waals surface area (Å²) in [5, 5.41) is 4.67. The topological polar surface area (TPSA) is 67.7 Å². The molecule has 3 aromatic rings. The zero-order chi connectivity index (χ0) is 27.9. The molecule has 0 bridgehead atoms. The fourth-order valence-electron chi connectivity index (χ4n) is 5.08. The lowest BCUT2D eigenvalue weighted by molar-refractivity contribution is -0.138. The van der Waals surface area contributed by atoms with Gasteiger partial charge in [-0.25, -0.2) is 0 Å². The van der Waals surface area contributed by atoms with Crippen molar-refractivity contribution in [3.63, 3.8) is 0 Å². The van der Waals surface area contributed by atoms with Crippen LogP contribution in [0.4, 0.5) is 18.0 Å². The molecule has 2 amide bonds. The summed E-state index contributed by atoms with van der Waals surface area (Å²) in [6.07, 6.45) is -1.41. The normalized spacial score (nSPS) is 18.6. The lowest BCUT2D eigenvalue weighted by atomic mass is 10.0. The summed E-state index contributed by atoms with van der Waals surface area (Å²) in [5.41, 5.74) is 0.392. The number of nitrogens with zero attached hydrogens (tertiary/aromatic N) is 4. The standard InChI is InChI=1S/C27H26ClF3N4O3S/c1-3-33-10-8-19(9-11-33)35-25(36)23(39-26(35)37)13-16-4-7-22-20(12-16)24(38-2)32-34(22)15-17-5-6-18(28)14-21(17)27(29,30)31/h4-7,12-14,19H,3,8-11,15H2,1-2H3. The van der Waals surface area contributed by atoms with Crippen molar-refractivity contribution in [2.24, 2.45) is 0 Å². The first kappa shape index (κ1) is 27.5. The third kappa shape index (κ3) is 5.53. The van der Waals surface area contributed by atoms with Crippen LogP contribution in [0.1, 0.15) is 36.5 Å². The van der Waals surface area contributed by atoms with Crippen LogP contribution in [0.3, 0.4) is 0 Å². The molecule has 0 N–H and O–H groups in total. The molecular weight excluding hydrogens is 553 g/mol. The second-order valence-electron chi connectivity index (χ2n) is 9.46. The monoisotopic (exact) mass is 578 g/mol. The van der Waals surface area contributed by atoms with Gasteiger partial charge in [0.1, 0.15) is 0 Å². The molecule has 0 saturated carbocycles. The van der Waals surface area contributed by atoms with E-state index in [1.54, 1.807) is 24.3 Å². The quantitative estimate of drug-likeness (QED) is 0.321. The molecule has 2 saturated heterocycles. The van der Waals surface area contributed by atoms with Crippen molar-refractivity contribution in [3.05, 3.63) is 63.0 Å². The predicted molar refractivity (Wildman–Crippen MR) is 145 cm³/mol. The molecule has 3 heterocycles. The van der Waals surface area contributed by atoms with Crippen molar-refractivity contribution >= 4 is 51.5 Å². The average Bonchev–Trinajstić information content (AvgIpc) is 3.39. The molecular formula is C27H26ClF3N4O3S. The van der Waals surface area contributed by atoms with E-state index in [-0.39, 0.29) is 40.2 Å². The Balaban J connectivity index is 1.42. The number of hydrogen-bond acceptors (Lipinski definition) is 6. The highest BCUT2D eigenvalue weighted by Crippen LogP contribution is 2.38. The number of carbonyl (C=O) groups is 2. The van der Waals surface area contributed by atoms with Crippen molar-refractivity contribution in [1.82, 2.24) is 19.6 Å². The second kappa shape index (κ2) is 10.9. The number of piperidine rings is 1. The summed E-state index contributed by atoms with van der Waals surface area (Å²) >= 11 is 6.74. The zero-order valence-electron chi connectivity index (χ0n) is 21.3. The van der Waals surface area contributed by atoms with Crippen molar-refractivity contribution < 1.29 is 27.5 Å². The fourth-order valence-corrected chi connectivity index (χ4v) is 6.15. The smallest absolute Gasteiger partial charge is 0.416 e. The molecule has 0 unspecified atom stereocenters. The Kier molecular flexibility index (Phi) is 7.67. The second-order valence-corrected chi connectivity index (χ2v) is 10.9. The van der Waals surface area contributed by atoms with Crippen molar-refractivity contribution in [1.29, 1.82) is 0 Å². The summed E-state index contributed by atoms with van der Waals surface area (Å²) in [6, 6.07) is 8.73. The number of likely N-dealkylation sites (tertiary alicyclic amines) is 1. The van der Waals surface area contributed by atoms with Gasteiger partial charge >= 0.3 is 6.18 Å². The van der Waals surface area contributed by atoms with Gasteiger partial charge in [0.2, 0.25) is 5.88 Å². The number of ether oxygens (including phenoxy) is 1. The Hall–Kier alpha value is -3.02. The maximum atomic E-state index is 13.6. The van der Waals surface area contributed by atoms with Gasteiger partial charge in [0.25, 0.3) is 11.1 Å². The number of benzene rings is 2. The van der Waals surface area contributed by atoms with Gasteiger partial charge in [-0.2, -0.15) is 13.2 Å². The number of methoxy groups -OCH3 is 1. The molecule has 0 radical (unpaired) electrons. The van der Waals surface area contributed by atoms with Crippen LogP contribution in [0, 0.1) is 0 Å². The lowest BCUT2D eigenvalue weighted by Crippen LogP contribution is -2.46. The van der Waals surface area contributed by atoms with E-state index in [0.717, 1.165) is 50.3 Å². The first-order valence-corrected chi connectivity index (χ1v) is 13.7. The zero-order valence-corrected chi connectivity index (χ0v) is 22.9. The summed E-state index contributed by atoms with van der Waals surface area (Å²) in [5.74, 6) is -0.0660. The van der Waals surface area contributed by atoms with E-state index in [9.17, 15) is 22.8 Å². The van der Waals surface area contributed by atoms with Gasteiger partial charge in [-0.1, -0.05) is 30.7 Å². The van der Waals surface area contributed by atoms with E-state index in [0.29, 0.717) is 21.4 Å². The number of hydrogen-bond donors (Lipinski definition) is 0. The number of amides is 2. The number of alkyl halides is 3. The minimum atomic E-state index is -4.57. The van der Waals surface area contributed by atoms with Gasteiger partial charge in [0, 0.05) is 24.2 Å². The van der Waals surface area contributed by atoms with Gasteiger partial charge in [0.15, 0.2) is 0 Å². The summed E-state index contributed by atoms with van der Waals surface area (Å²) in [4.78, 5) is 29.9. The van der Waals surface area contributed by atoms with Gasteiger partial charge in [-0.3, -0.25) is 19.2 Å². The van der Waals surface area contributed by atoms with E-state index < -0.39 is 11.7 Å². The third-order valence-corrected chi connectivity index (χ3v) is 8.24. The minimum Gasteiger partial charge on any atom is -0.479 e. The van der Waals surface area contributed by atoms with Gasteiger partial charge < -0.3 is 9.64 Å². The Morgan fingerprint density at radius 3 is 2.56 bits per heavy atom. The highest BCUT2D eigenvalue weighted by atomic mass is 35.5. The van der Waals surface area contributed by atoms with E-state index in [4.69, 9.17) is 16.3 Å². The molecule has 2 aromatic carbocycles. The van der Waals surface area contributed by atoms with E-state index >= 15 is 0 Å².